The van der Waals surface area contributed by atoms with Crippen LogP contribution in [-0.4, -0.2) is 10.1 Å². The van der Waals surface area contributed by atoms with Crippen LogP contribution in [0.5, 0.6) is 0 Å². The Labute approximate surface area is 92.4 Å². The molecule has 4 heteroatoms. The number of aromatic nitrogens is 2. The lowest BCUT2D eigenvalue weighted by Gasteiger charge is -2.25. The first-order valence-corrected chi connectivity index (χ1v) is 5.45. The average molecular weight is 294 g/mol. The summed E-state index contributed by atoms with van der Waals surface area (Å²) >= 11 is 2.05. The van der Waals surface area contributed by atoms with Crippen molar-refractivity contribution in [3.8, 4) is 0 Å². The van der Waals surface area contributed by atoms with Crippen LogP contribution in [-0.2, 0) is 6.42 Å². The molecule has 0 fully saturated rings. The number of hydrogen-bond acceptors (Lipinski definition) is 3. The molecule has 1 unspecified atom stereocenters. The van der Waals surface area contributed by atoms with Crippen molar-refractivity contribution in [2.75, 3.05) is 0 Å². The molecule has 0 aromatic carbocycles. The van der Waals surface area contributed by atoms with Crippen molar-refractivity contribution >= 4 is 22.6 Å². The van der Waals surface area contributed by atoms with Gasteiger partial charge in [0, 0.05) is 29.0 Å². The standard InChI is InChI=1S/C9H15IN2O/c1-6(9(2,3)4)5-7-11-8(10)12-13-7/h6H,5H2,1-4H3. The van der Waals surface area contributed by atoms with Gasteiger partial charge in [-0.15, -0.1) is 0 Å². The smallest absolute Gasteiger partial charge is 0.232 e. The third-order valence-electron chi connectivity index (χ3n) is 2.40. The van der Waals surface area contributed by atoms with E-state index in [1.807, 2.05) is 0 Å². The summed E-state index contributed by atoms with van der Waals surface area (Å²) in [6.07, 6.45) is 0.861. The molecule has 1 aromatic heterocycles. The van der Waals surface area contributed by atoms with Gasteiger partial charge in [-0.05, 0) is 11.3 Å². The highest BCUT2D eigenvalue weighted by Crippen LogP contribution is 2.27. The van der Waals surface area contributed by atoms with Crippen molar-refractivity contribution in [3.05, 3.63) is 9.72 Å². The Kier molecular flexibility index (Phi) is 3.32. The first-order chi connectivity index (χ1) is 5.89. The minimum absolute atomic E-state index is 0.292. The predicted molar refractivity (Wildman–Crippen MR) is 59.3 cm³/mol. The van der Waals surface area contributed by atoms with Crippen molar-refractivity contribution in [2.24, 2.45) is 11.3 Å². The quantitative estimate of drug-likeness (QED) is 0.787. The zero-order valence-electron chi connectivity index (χ0n) is 8.47. The molecule has 0 amide bonds. The molecule has 0 N–H and O–H groups in total. The lowest BCUT2D eigenvalue weighted by molar-refractivity contribution is 0.236. The highest BCUT2D eigenvalue weighted by atomic mass is 127. The minimum Gasteiger partial charge on any atom is -0.339 e. The topological polar surface area (TPSA) is 38.9 Å². The number of halogens is 1. The Morgan fingerprint density at radius 1 is 1.46 bits per heavy atom. The minimum atomic E-state index is 0.292. The van der Waals surface area contributed by atoms with E-state index in [0.717, 1.165) is 12.3 Å². The van der Waals surface area contributed by atoms with Crippen molar-refractivity contribution in [2.45, 2.75) is 34.1 Å². The maximum atomic E-state index is 5.06. The maximum Gasteiger partial charge on any atom is 0.232 e. The van der Waals surface area contributed by atoms with Crippen LogP contribution >= 0.6 is 22.6 Å². The summed E-state index contributed by atoms with van der Waals surface area (Å²) in [5.41, 5.74) is 0.292. The number of rotatable bonds is 2. The lowest BCUT2D eigenvalue weighted by Crippen LogP contribution is -2.19. The molecule has 0 aliphatic heterocycles. The van der Waals surface area contributed by atoms with E-state index in [0.29, 0.717) is 15.2 Å². The molecule has 1 heterocycles. The Balaban J connectivity index is 2.60. The zero-order valence-corrected chi connectivity index (χ0v) is 10.6. The normalized spacial score (nSPS) is 14.5. The van der Waals surface area contributed by atoms with Gasteiger partial charge in [-0.3, -0.25) is 0 Å². The Morgan fingerprint density at radius 2 is 2.08 bits per heavy atom. The van der Waals surface area contributed by atoms with E-state index in [1.165, 1.54) is 0 Å². The Hall–Kier alpha value is -0.130. The van der Waals surface area contributed by atoms with Crippen LogP contribution in [0.1, 0.15) is 33.6 Å². The summed E-state index contributed by atoms with van der Waals surface area (Å²) in [6.45, 7) is 8.87. The van der Waals surface area contributed by atoms with Gasteiger partial charge in [-0.2, -0.15) is 4.98 Å². The number of hydrogen-bond donors (Lipinski definition) is 0. The van der Waals surface area contributed by atoms with Crippen molar-refractivity contribution in [3.63, 3.8) is 0 Å². The monoisotopic (exact) mass is 294 g/mol. The SMILES string of the molecule is CC(Cc1nc(I)no1)C(C)(C)C. The van der Waals surface area contributed by atoms with Gasteiger partial charge in [-0.25, -0.2) is 0 Å². The molecule has 0 saturated carbocycles. The third kappa shape index (κ3) is 3.25. The van der Waals surface area contributed by atoms with E-state index >= 15 is 0 Å². The second kappa shape index (κ2) is 3.94. The maximum absolute atomic E-state index is 5.06. The molecule has 0 bridgehead atoms. The van der Waals surface area contributed by atoms with Crippen LogP contribution in [0.3, 0.4) is 0 Å². The predicted octanol–water partition coefficient (Wildman–Crippen LogP) is 2.90. The van der Waals surface area contributed by atoms with Crippen molar-refractivity contribution in [1.29, 1.82) is 0 Å². The largest absolute Gasteiger partial charge is 0.339 e. The van der Waals surface area contributed by atoms with Gasteiger partial charge in [-0.1, -0.05) is 32.9 Å². The van der Waals surface area contributed by atoms with Gasteiger partial charge < -0.3 is 4.52 Å². The van der Waals surface area contributed by atoms with Gasteiger partial charge in [0.2, 0.25) is 9.72 Å². The van der Waals surface area contributed by atoms with E-state index in [2.05, 4.69) is 60.4 Å². The first-order valence-electron chi connectivity index (χ1n) is 4.37. The van der Waals surface area contributed by atoms with E-state index < -0.39 is 0 Å². The second-order valence-corrected chi connectivity index (χ2v) is 5.39. The molecule has 0 radical (unpaired) electrons. The Bertz CT molecular complexity index is 277. The highest BCUT2D eigenvalue weighted by molar-refractivity contribution is 14.1. The van der Waals surface area contributed by atoms with E-state index in [4.69, 9.17) is 4.52 Å². The Morgan fingerprint density at radius 3 is 2.46 bits per heavy atom. The molecule has 0 spiro atoms. The highest BCUT2D eigenvalue weighted by Gasteiger charge is 2.22. The van der Waals surface area contributed by atoms with Crippen LogP contribution in [0.15, 0.2) is 4.52 Å². The van der Waals surface area contributed by atoms with E-state index in [1.54, 1.807) is 0 Å². The first kappa shape index (κ1) is 10.9. The van der Waals surface area contributed by atoms with Gasteiger partial charge in [0.25, 0.3) is 0 Å². The molecule has 1 rings (SSSR count). The van der Waals surface area contributed by atoms with Crippen LogP contribution in [0, 0.1) is 15.2 Å². The molecular weight excluding hydrogens is 279 g/mol. The fourth-order valence-corrected chi connectivity index (χ4v) is 1.25. The third-order valence-corrected chi connectivity index (χ3v) is 2.84. The molecular formula is C9H15IN2O. The summed E-state index contributed by atoms with van der Waals surface area (Å²) in [7, 11) is 0. The number of nitrogens with zero attached hydrogens (tertiary/aromatic N) is 2. The van der Waals surface area contributed by atoms with E-state index in [-0.39, 0.29) is 0 Å². The summed E-state index contributed by atoms with van der Waals surface area (Å²) in [6, 6.07) is 0. The summed E-state index contributed by atoms with van der Waals surface area (Å²) in [5, 5.41) is 3.75. The molecule has 1 atom stereocenters. The van der Waals surface area contributed by atoms with Crippen LogP contribution in [0.2, 0.25) is 0 Å². The second-order valence-electron chi connectivity index (χ2n) is 4.43. The van der Waals surface area contributed by atoms with Gasteiger partial charge in [0.1, 0.15) is 0 Å². The fourth-order valence-electron chi connectivity index (χ4n) is 0.885. The molecule has 3 nitrogen and oxygen atoms in total. The average Bonchev–Trinajstić information content (AvgIpc) is 2.33. The summed E-state index contributed by atoms with van der Waals surface area (Å²) < 4.78 is 5.75. The molecule has 1 aromatic rings. The summed E-state index contributed by atoms with van der Waals surface area (Å²) in [5.74, 6) is 1.29. The zero-order chi connectivity index (χ0) is 10.1. The van der Waals surface area contributed by atoms with Crippen LogP contribution in [0.4, 0.5) is 0 Å². The van der Waals surface area contributed by atoms with Crippen molar-refractivity contribution in [1.82, 2.24) is 10.1 Å². The lowest BCUT2D eigenvalue weighted by atomic mass is 9.80. The van der Waals surface area contributed by atoms with Crippen LogP contribution < -0.4 is 0 Å². The van der Waals surface area contributed by atoms with Gasteiger partial charge in [0.05, 0.1) is 0 Å². The molecule has 13 heavy (non-hydrogen) atoms. The fraction of sp³-hybridized carbons (Fsp3) is 0.778. The van der Waals surface area contributed by atoms with Gasteiger partial charge >= 0.3 is 0 Å². The summed E-state index contributed by atoms with van der Waals surface area (Å²) in [4.78, 5) is 4.17. The molecule has 0 aliphatic rings. The van der Waals surface area contributed by atoms with E-state index in [9.17, 15) is 0 Å². The molecule has 0 aliphatic carbocycles. The molecule has 0 saturated heterocycles. The van der Waals surface area contributed by atoms with Crippen molar-refractivity contribution < 1.29 is 4.52 Å². The van der Waals surface area contributed by atoms with Crippen LogP contribution in [0.25, 0.3) is 0 Å². The molecule has 74 valence electrons. The van der Waals surface area contributed by atoms with Gasteiger partial charge in [0.15, 0.2) is 0 Å².